The molecule has 1 aliphatic heterocycles. The van der Waals surface area contributed by atoms with Gasteiger partial charge in [0, 0.05) is 12.8 Å². The zero-order valence-corrected chi connectivity index (χ0v) is 9.95. The van der Waals surface area contributed by atoms with Crippen LogP contribution in [0.2, 0.25) is 0 Å². The van der Waals surface area contributed by atoms with Gasteiger partial charge in [0.15, 0.2) is 5.79 Å². The lowest BCUT2D eigenvalue weighted by molar-refractivity contribution is -0.289. The van der Waals surface area contributed by atoms with Gasteiger partial charge in [0.1, 0.15) is 5.78 Å². The summed E-state index contributed by atoms with van der Waals surface area (Å²) in [6.07, 6.45) is 5.25. The fourth-order valence-corrected chi connectivity index (χ4v) is 1.93. The molecule has 0 aromatic rings. The third-order valence-electron chi connectivity index (χ3n) is 2.30. The van der Waals surface area contributed by atoms with E-state index in [4.69, 9.17) is 9.47 Å². The van der Waals surface area contributed by atoms with Crippen molar-refractivity contribution in [2.75, 3.05) is 0 Å². The highest BCUT2D eigenvalue weighted by atomic mass is 16.7. The lowest BCUT2D eigenvalue weighted by atomic mass is 10.0. The fourth-order valence-electron chi connectivity index (χ4n) is 1.93. The molecule has 1 fully saturated rings. The highest BCUT2D eigenvalue weighted by Gasteiger charge is 2.34. The maximum atomic E-state index is 11.0. The van der Waals surface area contributed by atoms with Crippen molar-refractivity contribution in [3.8, 4) is 0 Å². The van der Waals surface area contributed by atoms with Crippen LogP contribution in [0.25, 0.3) is 0 Å². The lowest BCUT2D eigenvalue weighted by Gasteiger charge is -2.39. The van der Waals surface area contributed by atoms with Crippen LogP contribution in [0.1, 0.15) is 40.5 Å². The van der Waals surface area contributed by atoms with Gasteiger partial charge in [-0.2, -0.15) is 0 Å². The van der Waals surface area contributed by atoms with Crippen molar-refractivity contribution >= 4 is 5.78 Å². The van der Waals surface area contributed by atoms with E-state index in [-0.39, 0.29) is 18.0 Å². The molecule has 0 saturated carbocycles. The van der Waals surface area contributed by atoms with E-state index in [1.165, 1.54) is 0 Å². The second-order valence-corrected chi connectivity index (χ2v) is 4.46. The zero-order valence-electron chi connectivity index (χ0n) is 9.95. The average Bonchev–Trinajstić information content (AvgIpc) is 1.99. The molecule has 0 bridgehead atoms. The van der Waals surface area contributed by atoms with Crippen molar-refractivity contribution < 1.29 is 14.3 Å². The van der Waals surface area contributed by atoms with E-state index >= 15 is 0 Å². The van der Waals surface area contributed by atoms with E-state index in [1.54, 1.807) is 6.92 Å². The van der Waals surface area contributed by atoms with Gasteiger partial charge in [0.2, 0.25) is 0 Å². The molecule has 0 spiro atoms. The Morgan fingerprint density at radius 2 is 2.13 bits per heavy atom. The second kappa shape index (κ2) is 4.90. The average molecular weight is 212 g/mol. The third kappa shape index (κ3) is 4.14. The molecule has 1 saturated heterocycles. The molecule has 2 atom stereocenters. The van der Waals surface area contributed by atoms with Crippen LogP contribution < -0.4 is 0 Å². The monoisotopic (exact) mass is 212 g/mol. The number of carbonyl (C=O) groups excluding carboxylic acids is 1. The summed E-state index contributed by atoms with van der Waals surface area (Å²) in [7, 11) is 0. The summed E-state index contributed by atoms with van der Waals surface area (Å²) in [4.78, 5) is 11.0. The number of carbonyl (C=O) groups is 1. The zero-order chi connectivity index (χ0) is 11.5. The van der Waals surface area contributed by atoms with Gasteiger partial charge in [-0.15, -0.1) is 0 Å². The molecule has 15 heavy (non-hydrogen) atoms. The number of Topliss-reactive ketones (excluding diaryl/α,β-unsaturated/α-hetero) is 1. The van der Waals surface area contributed by atoms with Gasteiger partial charge in [-0.25, -0.2) is 0 Å². The first-order valence-corrected chi connectivity index (χ1v) is 5.41. The van der Waals surface area contributed by atoms with Crippen LogP contribution in [-0.4, -0.2) is 23.8 Å². The smallest absolute Gasteiger partial charge is 0.163 e. The Labute approximate surface area is 91.4 Å². The van der Waals surface area contributed by atoms with Gasteiger partial charge in [-0.05, 0) is 27.7 Å². The molecule has 0 N–H and O–H groups in total. The minimum absolute atomic E-state index is 0.0209. The first-order chi connectivity index (χ1) is 6.93. The van der Waals surface area contributed by atoms with E-state index in [2.05, 4.69) is 0 Å². The Bertz CT molecular complexity index is 256. The predicted octanol–water partition coefficient (Wildman–Crippen LogP) is 2.45. The summed E-state index contributed by atoms with van der Waals surface area (Å²) < 4.78 is 11.4. The van der Waals surface area contributed by atoms with Crippen LogP contribution in [-0.2, 0) is 14.3 Å². The molecule has 1 aliphatic rings. The van der Waals surface area contributed by atoms with Crippen molar-refractivity contribution in [2.45, 2.75) is 58.5 Å². The Balaban J connectivity index is 2.63. The number of hydrogen-bond donors (Lipinski definition) is 0. The quantitative estimate of drug-likeness (QED) is 0.674. The van der Waals surface area contributed by atoms with E-state index in [0.29, 0.717) is 6.42 Å². The van der Waals surface area contributed by atoms with Crippen molar-refractivity contribution in [3.05, 3.63) is 12.2 Å². The first-order valence-electron chi connectivity index (χ1n) is 5.41. The molecule has 0 amide bonds. The van der Waals surface area contributed by atoms with Crippen molar-refractivity contribution in [2.24, 2.45) is 0 Å². The topological polar surface area (TPSA) is 35.5 Å². The van der Waals surface area contributed by atoms with Gasteiger partial charge < -0.3 is 9.47 Å². The van der Waals surface area contributed by atoms with Crippen LogP contribution in [0.5, 0.6) is 0 Å². The van der Waals surface area contributed by atoms with Crippen LogP contribution in [0.15, 0.2) is 12.2 Å². The third-order valence-corrected chi connectivity index (χ3v) is 2.30. The summed E-state index contributed by atoms with van der Waals surface area (Å²) in [5, 5.41) is 0. The molecule has 1 rings (SSSR count). The molecule has 0 unspecified atom stereocenters. The molecule has 3 heteroatoms. The summed E-state index contributed by atoms with van der Waals surface area (Å²) in [6, 6.07) is 0. The Kier molecular flexibility index (Phi) is 4.05. The largest absolute Gasteiger partial charge is 0.347 e. The SMILES string of the molecule is C/C=C/[C@@H]1C[C@H](CC(C)=O)OC(C)(C)O1. The van der Waals surface area contributed by atoms with Crippen molar-refractivity contribution in [1.29, 1.82) is 0 Å². The van der Waals surface area contributed by atoms with E-state index < -0.39 is 5.79 Å². The van der Waals surface area contributed by atoms with Gasteiger partial charge in [0.05, 0.1) is 12.2 Å². The molecular formula is C12H20O3. The first kappa shape index (κ1) is 12.4. The molecule has 0 aromatic heterocycles. The Hall–Kier alpha value is -0.670. The Morgan fingerprint density at radius 3 is 2.67 bits per heavy atom. The summed E-state index contributed by atoms with van der Waals surface area (Å²) in [6.45, 7) is 7.33. The molecule has 1 heterocycles. The van der Waals surface area contributed by atoms with Gasteiger partial charge >= 0.3 is 0 Å². The minimum Gasteiger partial charge on any atom is -0.347 e. The highest BCUT2D eigenvalue weighted by molar-refractivity contribution is 5.76. The van der Waals surface area contributed by atoms with E-state index in [1.807, 2.05) is 32.9 Å². The Morgan fingerprint density at radius 1 is 1.47 bits per heavy atom. The number of rotatable bonds is 3. The minimum atomic E-state index is -0.595. The molecule has 0 aromatic carbocycles. The van der Waals surface area contributed by atoms with Crippen LogP contribution >= 0.6 is 0 Å². The van der Waals surface area contributed by atoms with Crippen LogP contribution in [0, 0.1) is 0 Å². The van der Waals surface area contributed by atoms with Crippen molar-refractivity contribution in [3.63, 3.8) is 0 Å². The standard InChI is InChI=1S/C12H20O3/c1-5-6-10-8-11(7-9(2)13)15-12(3,4)14-10/h5-6,10-11H,7-8H2,1-4H3/b6-5+/t10-,11+/m1/s1. The van der Waals surface area contributed by atoms with E-state index in [0.717, 1.165) is 6.42 Å². The number of ether oxygens (including phenoxy) is 2. The predicted molar refractivity (Wildman–Crippen MR) is 58.6 cm³/mol. The van der Waals surface area contributed by atoms with Gasteiger partial charge in [-0.3, -0.25) is 4.79 Å². The maximum Gasteiger partial charge on any atom is 0.163 e. The normalized spacial score (nSPS) is 30.7. The number of allylic oxidation sites excluding steroid dienone is 1. The summed E-state index contributed by atoms with van der Waals surface area (Å²) >= 11 is 0. The summed E-state index contributed by atoms with van der Waals surface area (Å²) in [5.41, 5.74) is 0. The maximum absolute atomic E-state index is 11.0. The van der Waals surface area contributed by atoms with Gasteiger partial charge in [0.25, 0.3) is 0 Å². The van der Waals surface area contributed by atoms with Gasteiger partial charge in [-0.1, -0.05) is 12.2 Å². The molecule has 0 aliphatic carbocycles. The second-order valence-electron chi connectivity index (χ2n) is 4.46. The molecular weight excluding hydrogens is 192 g/mol. The van der Waals surface area contributed by atoms with Crippen LogP contribution in [0.4, 0.5) is 0 Å². The fraction of sp³-hybridized carbons (Fsp3) is 0.750. The molecule has 3 nitrogen and oxygen atoms in total. The van der Waals surface area contributed by atoms with E-state index in [9.17, 15) is 4.79 Å². The highest BCUT2D eigenvalue weighted by Crippen LogP contribution is 2.28. The number of hydrogen-bond acceptors (Lipinski definition) is 3. The lowest BCUT2D eigenvalue weighted by Crippen LogP contribution is -2.44. The summed E-state index contributed by atoms with van der Waals surface area (Å²) in [5.74, 6) is -0.431. The molecule has 86 valence electrons. The van der Waals surface area contributed by atoms with Crippen LogP contribution in [0.3, 0.4) is 0 Å². The van der Waals surface area contributed by atoms with Crippen molar-refractivity contribution in [1.82, 2.24) is 0 Å². The number of ketones is 1. The molecule has 0 radical (unpaired) electrons.